The van der Waals surface area contributed by atoms with Gasteiger partial charge in [-0.15, -0.1) is 0 Å². The highest BCUT2D eigenvalue weighted by atomic mass is 32.2. The predicted molar refractivity (Wildman–Crippen MR) is 101 cm³/mol. The molecule has 1 spiro atoms. The van der Waals surface area contributed by atoms with Gasteiger partial charge in [0, 0.05) is 31.1 Å². The van der Waals surface area contributed by atoms with Crippen LogP contribution in [0.3, 0.4) is 0 Å². The molecule has 144 valence electrons. The van der Waals surface area contributed by atoms with Gasteiger partial charge >= 0.3 is 6.09 Å². The summed E-state index contributed by atoms with van der Waals surface area (Å²) in [6, 6.07) is 6.19. The van der Waals surface area contributed by atoms with Crippen molar-refractivity contribution in [3.05, 3.63) is 34.9 Å². The summed E-state index contributed by atoms with van der Waals surface area (Å²) in [4.78, 5) is 13.8. The number of carbonyl (C=O) groups excluding carboxylic acids is 1. The topological polar surface area (TPSA) is 66.9 Å². The summed E-state index contributed by atoms with van der Waals surface area (Å²) < 4.78 is 31.6. The molecule has 0 N–H and O–H groups in total. The maximum absolute atomic E-state index is 12.4. The zero-order chi connectivity index (χ0) is 19.1. The number of rotatable bonds is 2. The standard InChI is InChI=1S/C19H28N2O4S/c1-5-25-18(22)20-10-8-19(9-11-20)13-21(26(4,23)24)15(3)16-12-14(2)6-7-17(16)19/h6-7,12,15H,5,8-11,13H2,1-4H3. The number of aryl methyl sites for hydroxylation is 1. The van der Waals surface area contributed by atoms with Crippen LogP contribution in [0.25, 0.3) is 0 Å². The van der Waals surface area contributed by atoms with E-state index in [1.165, 1.54) is 11.8 Å². The second-order valence-corrected chi connectivity index (χ2v) is 9.48. The van der Waals surface area contributed by atoms with Gasteiger partial charge in [-0.1, -0.05) is 23.8 Å². The Balaban J connectivity index is 1.97. The van der Waals surface area contributed by atoms with Gasteiger partial charge in [0.15, 0.2) is 0 Å². The van der Waals surface area contributed by atoms with Crippen LogP contribution in [-0.4, -0.2) is 56.2 Å². The molecule has 1 aromatic rings. The summed E-state index contributed by atoms with van der Waals surface area (Å²) >= 11 is 0. The number of amides is 1. The Morgan fingerprint density at radius 2 is 1.96 bits per heavy atom. The van der Waals surface area contributed by atoms with Crippen LogP contribution in [0, 0.1) is 6.92 Å². The lowest BCUT2D eigenvalue weighted by atomic mass is 9.68. The van der Waals surface area contributed by atoms with Gasteiger partial charge in [-0.2, -0.15) is 4.31 Å². The Morgan fingerprint density at radius 1 is 1.31 bits per heavy atom. The Morgan fingerprint density at radius 3 is 2.54 bits per heavy atom. The third-order valence-electron chi connectivity index (χ3n) is 5.79. The summed E-state index contributed by atoms with van der Waals surface area (Å²) in [5.41, 5.74) is 3.21. The molecule has 0 aromatic heterocycles. The van der Waals surface area contributed by atoms with Gasteiger partial charge in [0.2, 0.25) is 10.0 Å². The molecule has 1 amide bonds. The average molecular weight is 381 g/mol. The number of benzene rings is 1. The van der Waals surface area contributed by atoms with Crippen molar-refractivity contribution >= 4 is 16.1 Å². The number of fused-ring (bicyclic) bond motifs is 2. The molecular weight excluding hydrogens is 352 g/mol. The van der Waals surface area contributed by atoms with Gasteiger partial charge in [0.05, 0.1) is 12.9 Å². The first-order valence-corrected chi connectivity index (χ1v) is 11.0. The second-order valence-electron chi connectivity index (χ2n) is 7.54. The summed E-state index contributed by atoms with van der Waals surface area (Å²) in [7, 11) is -3.32. The second kappa shape index (κ2) is 6.85. The van der Waals surface area contributed by atoms with E-state index in [1.807, 2.05) is 13.8 Å². The summed E-state index contributed by atoms with van der Waals surface area (Å²) in [5, 5.41) is 0. The van der Waals surface area contributed by atoms with Crippen molar-refractivity contribution in [2.75, 3.05) is 32.5 Å². The van der Waals surface area contributed by atoms with E-state index in [0.29, 0.717) is 26.2 Å². The molecule has 1 unspecified atom stereocenters. The van der Waals surface area contributed by atoms with E-state index < -0.39 is 10.0 Å². The largest absolute Gasteiger partial charge is 0.450 e. The minimum atomic E-state index is -3.32. The van der Waals surface area contributed by atoms with E-state index in [2.05, 4.69) is 18.2 Å². The molecule has 0 saturated carbocycles. The number of nitrogens with zero attached hydrogens (tertiary/aromatic N) is 2. The quantitative estimate of drug-likeness (QED) is 0.791. The van der Waals surface area contributed by atoms with Gasteiger partial charge in [0.25, 0.3) is 0 Å². The number of hydrogen-bond acceptors (Lipinski definition) is 4. The van der Waals surface area contributed by atoms with Crippen LogP contribution in [0.4, 0.5) is 4.79 Å². The summed E-state index contributed by atoms with van der Waals surface area (Å²) in [6.07, 6.45) is 2.48. The van der Waals surface area contributed by atoms with Gasteiger partial charge < -0.3 is 9.64 Å². The number of sulfonamides is 1. The van der Waals surface area contributed by atoms with E-state index in [9.17, 15) is 13.2 Å². The minimum Gasteiger partial charge on any atom is -0.450 e. The highest BCUT2D eigenvalue weighted by molar-refractivity contribution is 7.88. The lowest BCUT2D eigenvalue weighted by Crippen LogP contribution is -2.54. The first-order valence-electron chi connectivity index (χ1n) is 9.17. The van der Waals surface area contributed by atoms with Crippen molar-refractivity contribution in [3.8, 4) is 0 Å². The summed E-state index contributed by atoms with van der Waals surface area (Å²) in [6.45, 7) is 7.79. The van der Waals surface area contributed by atoms with E-state index in [4.69, 9.17) is 4.74 Å². The molecule has 0 bridgehead atoms. The number of ether oxygens (including phenoxy) is 1. The predicted octanol–water partition coefficient (Wildman–Crippen LogP) is 2.82. The Kier molecular flexibility index (Phi) is 5.05. The van der Waals surface area contributed by atoms with Gasteiger partial charge in [0.1, 0.15) is 0 Å². The molecular formula is C19H28N2O4S. The number of carbonyl (C=O) groups is 1. The molecule has 1 atom stereocenters. The zero-order valence-corrected chi connectivity index (χ0v) is 16.8. The van der Waals surface area contributed by atoms with Crippen LogP contribution in [0.5, 0.6) is 0 Å². The Hall–Kier alpha value is -1.60. The number of piperidine rings is 1. The average Bonchev–Trinajstić information content (AvgIpc) is 2.58. The Labute approximate surface area is 156 Å². The fourth-order valence-corrected chi connectivity index (χ4v) is 5.52. The van der Waals surface area contributed by atoms with Crippen LogP contribution in [-0.2, 0) is 20.2 Å². The molecule has 7 heteroatoms. The van der Waals surface area contributed by atoms with Crippen LogP contribution in [0.15, 0.2) is 18.2 Å². The lowest BCUT2D eigenvalue weighted by Gasteiger charge is -2.50. The van der Waals surface area contributed by atoms with Gasteiger partial charge in [-0.3, -0.25) is 0 Å². The monoisotopic (exact) mass is 380 g/mol. The van der Waals surface area contributed by atoms with E-state index >= 15 is 0 Å². The van der Waals surface area contributed by atoms with Crippen molar-refractivity contribution in [1.82, 2.24) is 9.21 Å². The molecule has 1 saturated heterocycles. The fourth-order valence-electron chi connectivity index (χ4n) is 4.35. The molecule has 1 fully saturated rings. The highest BCUT2D eigenvalue weighted by Gasteiger charge is 2.47. The fraction of sp³-hybridized carbons (Fsp3) is 0.632. The highest BCUT2D eigenvalue weighted by Crippen LogP contribution is 2.46. The van der Waals surface area contributed by atoms with Crippen LogP contribution >= 0.6 is 0 Å². The first kappa shape index (κ1) is 19.2. The van der Waals surface area contributed by atoms with Crippen LogP contribution in [0.1, 0.15) is 49.4 Å². The maximum atomic E-state index is 12.4. The van der Waals surface area contributed by atoms with Crippen molar-refractivity contribution in [2.24, 2.45) is 0 Å². The molecule has 2 aliphatic heterocycles. The van der Waals surface area contributed by atoms with Gasteiger partial charge in [-0.05, 0) is 44.7 Å². The number of likely N-dealkylation sites (tertiary alicyclic amines) is 1. The zero-order valence-electron chi connectivity index (χ0n) is 16.0. The van der Waals surface area contributed by atoms with Crippen molar-refractivity contribution in [3.63, 3.8) is 0 Å². The lowest BCUT2D eigenvalue weighted by molar-refractivity contribution is 0.0769. The Bertz CT molecular complexity index is 798. The van der Waals surface area contributed by atoms with Gasteiger partial charge in [-0.25, -0.2) is 13.2 Å². The van der Waals surface area contributed by atoms with Crippen LogP contribution in [0.2, 0.25) is 0 Å². The molecule has 2 heterocycles. The maximum Gasteiger partial charge on any atom is 0.409 e. The van der Waals surface area contributed by atoms with Crippen molar-refractivity contribution in [1.29, 1.82) is 0 Å². The normalized spacial score (nSPS) is 22.9. The molecule has 26 heavy (non-hydrogen) atoms. The first-order chi connectivity index (χ1) is 12.2. The number of hydrogen-bond donors (Lipinski definition) is 0. The minimum absolute atomic E-state index is 0.173. The van der Waals surface area contributed by atoms with E-state index in [1.54, 1.807) is 16.1 Å². The van der Waals surface area contributed by atoms with Crippen molar-refractivity contribution < 1.29 is 17.9 Å². The van der Waals surface area contributed by atoms with Crippen LogP contribution < -0.4 is 0 Å². The molecule has 2 aliphatic rings. The third kappa shape index (κ3) is 3.34. The summed E-state index contributed by atoms with van der Waals surface area (Å²) in [5.74, 6) is 0. The third-order valence-corrected chi connectivity index (χ3v) is 7.09. The van der Waals surface area contributed by atoms with Crippen molar-refractivity contribution in [2.45, 2.75) is 45.1 Å². The SMILES string of the molecule is CCOC(=O)N1CCC2(CC1)CN(S(C)(=O)=O)C(C)c1cc(C)ccc12. The van der Waals surface area contributed by atoms with E-state index in [-0.39, 0.29) is 17.6 Å². The molecule has 0 aliphatic carbocycles. The molecule has 3 rings (SSSR count). The molecule has 6 nitrogen and oxygen atoms in total. The molecule has 1 aromatic carbocycles. The van der Waals surface area contributed by atoms with E-state index in [0.717, 1.165) is 24.0 Å². The molecule has 0 radical (unpaired) electrons. The smallest absolute Gasteiger partial charge is 0.409 e.